The Labute approximate surface area is 144 Å². The molecule has 0 radical (unpaired) electrons. The molecule has 0 aliphatic rings. The first-order valence-electron chi connectivity index (χ1n) is 7.59. The number of thioether (sulfide) groups is 1. The molecule has 0 spiro atoms. The molecule has 0 atom stereocenters. The molecule has 1 amide bonds. The van der Waals surface area contributed by atoms with Crippen LogP contribution in [0.2, 0.25) is 0 Å². The van der Waals surface area contributed by atoms with E-state index in [0.717, 1.165) is 22.3 Å². The lowest BCUT2D eigenvalue weighted by atomic mass is 10.1. The molecule has 0 aliphatic carbocycles. The molecule has 0 aliphatic heterocycles. The molecule has 0 bridgehead atoms. The van der Waals surface area contributed by atoms with E-state index < -0.39 is 0 Å². The van der Waals surface area contributed by atoms with Crippen LogP contribution >= 0.6 is 23.1 Å². The highest BCUT2D eigenvalue weighted by molar-refractivity contribution is 8.01. The number of anilines is 1. The first kappa shape index (κ1) is 17.7. The summed E-state index contributed by atoms with van der Waals surface area (Å²) in [6.07, 6.45) is 1.01. The summed E-state index contributed by atoms with van der Waals surface area (Å²) < 4.78 is 6.50. The fourth-order valence-electron chi connectivity index (χ4n) is 1.73. The second-order valence-electron chi connectivity index (χ2n) is 5.32. The number of amides is 1. The van der Waals surface area contributed by atoms with Gasteiger partial charge in [-0.2, -0.15) is 0 Å². The number of carbonyl (C=O) groups is 1. The van der Waals surface area contributed by atoms with Crippen molar-refractivity contribution in [1.82, 2.24) is 10.2 Å². The van der Waals surface area contributed by atoms with Gasteiger partial charge >= 0.3 is 0 Å². The first-order chi connectivity index (χ1) is 11.1. The Hall–Kier alpha value is -1.60. The molecule has 0 unspecified atom stereocenters. The van der Waals surface area contributed by atoms with Crippen LogP contribution < -0.4 is 10.1 Å². The average Bonchev–Trinajstić information content (AvgIpc) is 2.95. The van der Waals surface area contributed by atoms with Crippen molar-refractivity contribution >= 4 is 34.1 Å². The molecule has 1 aromatic carbocycles. The molecule has 1 heterocycles. The number of nitrogens with zero attached hydrogens (tertiary/aromatic N) is 2. The molecule has 0 fully saturated rings. The molecule has 0 saturated heterocycles. The fourth-order valence-corrected chi connectivity index (χ4v) is 3.37. The highest BCUT2D eigenvalue weighted by Crippen LogP contribution is 2.25. The zero-order valence-corrected chi connectivity index (χ0v) is 15.2. The van der Waals surface area contributed by atoms with Gasteiger partial charge in [-0.05, 0) is 42.4 Å². The van der Waals surface area contributed by atoms with Crippen molar-refractivity contribution in [2.75, 3.05) is 17.7 Å². The lowest BCUT2D eigenvalue weighted by molar-refractivity contribution is 0.102. The van der Waals surface area contributed by atoms with Gasteiger partial charge in [-0.25, -0.2) is 0 Å². The Morgan fingerprint density at radius 1 is 1.30 bits per heavy atom. The fraction of sp³-hybridized carbons (Fsp3) is 0.438. The summed E-state index contributed by atoms with van der Waals surface area (Å²) in [5.74, 6) is 2.13. The molecule has 7 heteroatoms. The van der Waals surface area contributed by atoms with Crippen molar-refractivity contribution in [3.05, 3.63) is 29.8 Å². The maximum Gasteiger partial charge on any atom is 0.257 e. The van der Waals surface area contributed by atoms with Crippen LogP contribution in [0.25, 0.3) is 0 Å². The van der Waals surface area contributed by atoms with E-state index in [-0.39, 0.29) is 5.91 Å². The van der Waals surface area contributed by atoms with Crippen LogP contribution in [0.15, 0.2) is 28.6 Å². The minimum absolute atomic E-state index is 0.192. The van der Waals surface area contributed by atoms with E-state index in [1.165, 1.54) is 11.3 Å². The first-order valence-corrected chi connectivity index (χ1v) is 9.39. The quantitative estimate of drug-likeness (QED) is 0.566. The number of hydrogen-bond acceptors (Lipinski definition) is 6. The summed E-state index contributed by atoms with van der Waals surface area (Å²) in [6.45, 7) is 7.06. The van der Waals surface area contributed by atoms with Gasteiger partial charge in [-0.1, -0.05) is 43.9 Å². The predicted octanol–water partition coefficient (Wildman–Crippen LogP) is 4.33. The standard InChI is InChI=1S/C16H21N3O2S2/c1-4-22-16-19-18-15(23-16)17-14(20)12-5-7-13(8-6-12)21-10-9-11(2)3/h5-8,11H,4,9-10H2,1-3H3,(H,17,18,20). The normalized spacial score (nSPS) is 10.8. The summed E-state index contributed by atoms with van der Waals surface area (Å²) in [4.78, 5) is 12.2. The second kappa shape index (κ2) is 8.88. The molecule has 2 rings (SSSR count). The smallest absolute Gasteiger partial charge is 0.257 e. The highest BCUT2D eigenvalue weighted by atomic mass is 32.2. The number of hydrogen-bond donors (Lipinski definition) is 1. The van der Waals surface area contributed by atoms with Gasteiger partial charge in [0.05, 0.1) is 6.61 Å². The van der Waals surface area contributed by atoms with Crippen LogP contribution in [0.5, 0.6) is 5.75 Å². The lowest BCUT2D eigenvalue weighted by Crippen LogP contribution is -2.11. The zero-order valence-electron chi connectivity index (χ0n) is 13.5. The van der Waals surface area contributed by atoms with Crippen LogP contribution in [0.1, 0.15) is 37.6 Å². The number of carbonyl (C=O) groups excluding carboxylic acids is 1. The Kier molecular flexibility index (Phi) is 6.85. The van der Waals surface area contributed by atoms with E-state index in [0.29, 0.717) is 23.2 Å². The van der Waals surface area contributed by atoms with Crippen LogP contribution in [0.4, 0.5) is 5.13 Å². The predicted molar refractivity (Wildman–Crippen MR) is 95.7 cm³/mol. The van der Waals surface area contributed by atoms with Gasteiger partial charge in [0.1, 0.15) is 5.75 Å². The van der Waals surface area contributed by atoms with Gasteiger partial charge in [-0.15, -0.1) is 10.2 Å². The average molecular weight is 351 g/mol. The third-order valence-corrected chi connectivity index (χ3v) is 4.83. The summed E-state index contributed by atoms with van der Waals surface area (Å²) in [5, 5.41) is 11.3. The minimum atomic E-state index is -0.192. The highest BCUT2D eigenvalue weighted by Gasteiger charge is 2.10. The number of rotatable bonds is 8. The van der Waals surface area contributed by atoms with Gasteiger partial charge in [-0.3, -0.25) is 10.1 Å². The van der Waals surface area contributed by atoms with E-state index in [2.05, 4.69) is 36.3 Å². The van der Waals surface area contributed by atoms with Gasteiger partial charge in [0.15, 0.2) is 4.34 Å². The molecule has 124 valence electrons. The van der Waals surface area contributed by atoms with Gasteiger partial charge < -0.3 is 4.74 Å². The van der Waals surface area contributed by atoms with Crippen molar-refractivity contribution in [3.8, 4) is 5.75 Å². The van der Waals surface area contributed by atoms with Crippen molar-refractivity contribution in [2.45, 2.75) is 31.5 Å². The van der Waals surface area contributed by atoms with Crippen molar-refractivity contribution in [2.24, 2.45) is 5.92 Å². The van der Waals surface area contributed by atoms with Crippen LogP contribution in [-0.4, -0.2) is 28.5 Å². The molecule has 1 aromatic heterocycles. The summed E-state index contributed by atoms with van der Waals surface area (Å²) in [7, 11) is 0. The molecule has 2 aromatic rings. The molecule has 1 N–H and O–H groups in total. The molecule has 23 heavy (non-hydrogen) atoms. The van der Waals surface area contributed by atoms with Gasteiger partial charge in [0.2, 0.25) is 5.13 Å². The van der Waals surface area contributed by atoms with E-state index in [1.807, 2.05) is 12.1 Å². The van der Waals surface area contributed by atoms with Crippen LogP contribution in [0, 0.1) is 5.92 Å². The minimum Gasteiger partial charge on any atom is -0.494 e. The molecular weight excluding hydrogens is 330 g/mol. The third-order valence-electron chi connectivity index (χ3n) is 2.98. The Morgan fingerprint density at radius 3 is 2.70 bits per heavy atom. The summed E-state index contributed by atoms with van der Waals surface area (Å²) >= 11 is 2.99. The second-order valence-corrected chi connectivity index (χ2v) is 7.80. The van der Waals surface area contributed by atoms with Crippen LogP contribution in [-0.2, 0) is 0 Å². The van der Waals surface area contributed by atoms with Gasteiger partial charge in [0.25, 0.3) is 5.91 Å². The van der Waals surface area contributed by atoms with E-state index in [1.54, 1.807) is 23.9 Å². The Balaban J connectivity index is 1.89. The summed E-state index contributed by atoms with van der Waals surface area (Å²) in [5.41, 5.74) is 0.570. The maximum atomic E-state index is 12.2. The maximum absolute atomic E-state index is 12.2. The van der Waals surface area contributed by atoms with Crippen LogP contribution in [0.3, 0.4) is 0 Å². The number of benzene rings is 1. The SMILES string of the molecule is CCSc1nnc(NC(=O)c2ccc(OCCC(C)C)cc2)s1. The topological polar surface area (TPSA) is 64.1 Å². The van der Waals surface area contributed by atoms with Crippen molar-refractivity contribution in [1.29, 1.82) is 0 Å². The third kappa shape index (κ3) is 5.84. The zero-order chi connectivity index (χ0) is 16.7. The van der Waals surface area contributed by atoms with Crippen molar-refractivity contribution in [3.63, 3.8) is 0 Å². The van der Waals surface area contributed by atoms with E-state index >= 15 is 0 Å². The van der Waals surface area contributed by atoms with E-state index in [9.17, 15) is 4.79 Å². The monoisotopic (exact) mass is 351 g/mol. The number of nitrogens with one attached hydrogen (secondary N) is 1. The Morgan fingerprint density at radius 2 is 2.04 bits per heavy atom. The molecule has 0 saturated carbocycles. The lowest BCUT2D eigenvalue weighted by Gasteiger charge is -2.08. The largest absolute Gasteiger partial charge is 0.494 e. The number of aromatic nitrogens is 2. The molecular formula is C16H21N3O2S2. The molecule has 5 nitrogen and oxygen atoms in total. The van der Waals surface area contributed by atoms with Gasteiger partial charge in [0, 0.05) is 5.56 Å². The Bertz CT molecular complexity index is 627. The van der Waals surface area contributed by atoms with E-state index in [4.69, 9.17) is 4.74 Å². The number of ether oxygens (including phenoxy) is 1. The summed E-state index contributed by atoms with van der Waals surface area (Å²) in [6, 6.07) is 7.13. The van der Waals surface area contributed by atoms with Crippen molar-refractivity contribution < 1.29 is 9.53 Å².